The highest BCUT2D eigenvalue weighted by molar-refractivity contribution is 7.92. The van der Waals surface area contributed by atoms with Crippen LogP contribution >= 0.6 is 0 Å². The second kappa shape index (κ2) is 10.3. The number of piperazine rings is 1. The Morgan fingerprint density at radius 2 is 1.39 bits per heavy atom. The van der Waals surface area contributed by atoms with Crippen molar-refractivity contribution in [2.24, 2.45) is 0 Å². The van der Waals surface area contributed by atoms with Gasteiger partial charge >= 0.3 is 0 Å². The fraction of sp³-hybridized carbons (Fsp3) is 0.208. The molecule has 0 spiro atoms. The number of carbonyl (C=O) groups is 3. The van der Waals surface area contributed by atoms with E-state index in [2.05, 4.69) is 5.32 Å². The van der Waals surface area contributed by atoms with Gasteiger partial charge in [0.05, 0.1) is 11.2 Å². The summed E-state index contributed by atoms with van der Waals surface area (Å²) in [5.41, 5.74) is 0.277. The minimum absolute atomic E-state index is 0.00215. The smallest absolute Gasteiger partial charge is 0.288 e. The van der Waals surface area contributed by atoms with Crippen LogP contribution in [0.4, 0.5) is 8.78 Å². The molecule has 1 aromatic heterocycles. The van der Waals surface area contributed by atoms with E-state index in [-0.39, 0.29) is 48.3 Å². The number of hydrogen-bond donors (Lipinski definition) is 1. The molecule has 0 unspecified atom stereocenters. The third-order valence-electron chi connectivity index (χ3n) is 5.65. The van der Waals surface area contributed by atoms with E-state index in [1.807, 2.05) is 0 Å². The molecule has 36 heavy (non-hydrogen) atoms. The monoisotopic (exact) mass is 517 g/mol. The summed E-state index contributed by atoms with van der Waals surface area (Å²) in [5, 5.41) is 0.199. The highest BCUT2D eigenvalue weighted by atomic mass is 32.2. The standard InChI is InChI=1S/C24H21F2N3O6S/c25-17-5-3-16(4-6-17)23(31)28-11-13-29(14-12-28)24(32)22(27-21(30)20-2-1-15-35-20)36(33,34)19-9-7-18(26)8-10-19/h1-10,15,22H,11-14H2,(H,27,30)/t22-/m1/s1. The molecule has 1 aliphatic heterocycles. The van der Waals surface area contributed by atoms with E-state index in [0.717, 1.165) is 24.3 Å². The number of benzene rings is 2. The van der Waals surface area contributed by atoms with Gasteiger partial charge in [0, 0.05) is 31.7 Å². The molecule has 9 nitrogen and oxygen atoms in total. The predicted molar refractivity (Wildman–Crippen MR) is 122 cm³/mol. The molecule has 2 aromatic carbocycles. The first-order valence-corrected chi connectivity index (χ1v) is 12.4. The van der Waals surface area contributed by atoms with Gasteiger partial charge in [-0.15, -0.1) is 0 Å². The van der Waals surface area contributed by atoms with Crippen LogP contribution in [0.1, 0.15) is 20.9 Å². The van der Waals surface area contributed by atoms with E-state index >= 15 is 0 Å². The highest BCUT2D eigenvalue weighted by Gasteiger charge is 2.40. The molecule has 4 rings (SSSR count). The van der Waals surface area contributed by atoms with Gasteiger partial charge in [-0.05, 0) is 60.7 Å². The molecule has 0 aliphatic carbocycles. The summed E-state index contributed by atoms with van der Waals surface area (Å²) in [5.74, 6) is -3.53. The van der Waals surface area contributed by atoms with Crippen molar-refractivity contribution in [1.82, 2.24) is 15.1 Å². The summed E-state index contributed by atoms with van der Waals surface area (Å²) in [6.45, 7) is 0.185. The number of nitrogens with one attached hydrogen (secondary N) is 1. The fourth-order valence-corrected chi connectivity index (χ4v) is 5.17. The second-order valence-electron chi connectivity index (χ2n) is 7.95. The lowest BCUT2D eigenvalue weighted by Gasteiger charge is -2.36. The Bertz CT molecular complexity index is 1350. The van der Waals surface area contributed by atoms with E-state index in [1.165, 1.54) is 52.5 Å². The average molecular weight is 518 g/mol. The Kier molecular flexibility index (Phi) is 7.15. The zero-order valence-electron chi connectivity index (χ0n) is 18.8. The fourth-order valence-electron chi connectivity index (χ4n) is 3.70. The van der Waals surface area contributed by atoms with Crippen LogP contribution in [-0.4, -0.2) is 67.5 Å². The lowest BCUT2D eigenvalue weighted by molar-refractivity contribution is -0.132. The Balaban J connectivity index is 1.53. The number of rotatable bonds is 6. The second-order valence-corrected chi connectivity index (χ2v) is 9.99. The van der Waals surface area contributed by atoms with Gasteiger partial charge in [-0.25, -0.2) is 17.2 Å². The molecule has 0 radical (unpaired) electrons. The van der Waals surface area contributed by atoms with Gasteiger partial charge in [0.2, 0.25) is 15.2 Å². The number of carbonyl (C=O) groups excluding carboxylic acids is 3. The summed E-state index contributed by atoms with van der Waals surface area (Å²) in [6, 6.07) is 11.6. The minimum Gasteiger partial charge on any atom is -0.459 e. The number of amides is 3. The number of halogens is 2. The van der Waals surface area contributed by atoms with Crippen molar-refractivity contribution in [2.45, 2.75) is 10.3 Å². The van der Waals surface area contributed by atoms with Crippen molar-refractivity contribution in [3.8, 4) is 0 Å². The molecule has 1 fully saturated rings. The van der Waals surface area contributed by atoms with E-state index in [1.54, 1.807) is 0 Å². The van der Waals surface area contributed by atoms with Crippen LogP contribution in [0.3, 0.4) is 0 Å². The predicted octanol–water partition coefficient (Wildman–Crippen LogP) is 2.07. The zero-order chi connectivity index (χ0) is 25.9. The Hall–Kier alpha value is -4.06. The summed E-state index contributed by atoms with van der Waals surface area (Å²) in [7, 11) is -4.48. The molecule has 1 N–H and O–H groups in total. The van der Waals surface area contributed by atoms with Crippen molar-refractivity contribution in [3.05, 3.63) is 89.9 Å². The molecular weight excluding hydrogens is 496 g/mol. The maximum atomic E-state index is 13.4. The first kappa shape index (κ1) is 25.0. The lowest BCUT2D eigenvalue weighted by Crippen LogP contribution is -2.57. The van der Waals surface area contributed by atoms with Gasteiger partial charge in [-0.2, -0.15) is 0 Å². The highest BCUT2D eigenvalue weighted by Crippen LogP contribution is 2.19. The summed E-state index contributed by atoms with van der Waals surface area (Å²) in [6.07, 6.45) is 1.22. The molecule has 1 atom stereocenters. The third-order valence-corrected chi connectivity index (χ3v) is 7.52. The first-order valence-electron chi connectivity index (χ1n) is 10.8. The topological polar surface area (TPSA) is 117 Å². The lowest BCUT2D eigenvalue weighted by atomic mass is 10.1. The Morgan fingerprint density at radius 3 is 1.94 bits per heavy atom. The molecule has 0 bridgehead atoms. The quantitative estimate of drug-likeness (QED) is 0.501. The normalized spacial score (nSPS) is 14.8. The van der Waals surface area contributed by atoms with E-state index in [9.17, 15) is 31.6 Å². The van der Waals surface area contributed by atoms with Gasteiger partial charge < -0.3 is 19.5 Å². The molecule has 1 aliphatic rings. The maximum Gasteiger partial charge on any atom is 0.288 e. The summed E-state index contributed by atoms with van der Waals surface area (Å²) in [4.78, 5) is 40.9. The molecule has 2 heterocycles. The molecule has 1 saturated heterocycles. The van der Waals surface area contributed by atoms with Crippen molar-refractivity contribution >= 4 is 27.6 Å². The summed E-state index contributed by atoms with van der Waals surface area (Å²) >= 11 is 0. The van der Waals surface area contributed by atoms with E-state index in [0.29, 0.717) is 0 Å². The van der Waals surface area contributed by atoms with Crippen LogP contribution < -0.4 is 5.32 Å². The Labute approximate surface area is 205 Å². The van der Waals surface area contributed by atoms with Crippen molar-refractivity contribution in [2.75, 3.05) is 26.2 Å². The van der Waals surface area contributed by atoms with Gasteiger partial charge in [0.25, 0.3) is 17.7 Å². The number of hydrogen-bond acceptors (Lipinski definition) is 6. The number of furan rings is 1. The van der Waals surface area contributed by atoms with Crippen LogP contribution in [-0.2, 0) is 14.6 Å². The van der Waals surface area contributed by atoms with Gasteiger partial charge in [0.15, 0.2) is 5.76 Å². The van der Waals surface area contributed by atoms with Crippen molar-refractivity contribution in [3.63, 3.8) is 0 Å². The largest absolute Gasteiger partial charge is 0.459 e. The van der Waals surface area contributed by atoms with Gasteiger partial charge in [-0.3, -0.25) is 14.4 Å². The molecular formula is C24H21F2N3O6S. The van der Waals surface area contributed by atoms with E-state index < -0.39 is 38.7 Å². The zero-order valence-corrected chi connectivity index (χ0v) is 19.6. The van der Waals surface area contributed by atoms with Crippen LogP contribution in [0.5, 0.6) is 0 Å². The number of sulfone groups is 1. The van der Waals surface area contributed by atoms with Crippen molar-refractivity contribution in [1.29, 1.82) is 0 Å². The summed E-state index contributed by atoms with van der Waals surface area (Å²) < 4.78 is 58.1. The van der Waals surface area contributed by atoms with Crippen LogP contribution in [0, 0.1) is 11.6 Å². The molecule has 3 amide bonds. The van der Waals surface area contributed by atoms with Crippen molar-refractivity contribution < 1.29 is 36.0 Å². The molecule has 0 saturated carbocycles. The van der Waals surface area contributed by atoms with Crippen LogP contribution in [0.2, 0.25) is 0 Å². The SMILES string of the molecule is O=C(N[C@@H](C(=O)N1CCN(C(=O)c2ccc(F)cc2)CC1)S(=O)(=O)c1ccc(F)cc1)c1ccco1. The number of nitrogens with zero attached hydrogens (tertiary/aromatic N) is 2. The molecule has 3 aromatic rings. The van der Waals surface area contributed by atoms with Gasteiger partial charge in [-0.1, -0.05) is 0 Å². The molecule has 188 valence electrons. The third kappa shape index (κ3) is 5.28. The van der Waals surface area contributed by atoms with E-state index in [4.69, 9.17) is 4.42 Å². The van der Waals surface area contributed by atoms with Crippen LogP contribution in [0.15, 0.2) is 76.2 Å². The maximum absolute atomic E-state index is 13.4. The molecule has 12 heteroatoms. The first-order chi connectivity index (χ1) is 17.2. The van der Waals surface area contributed by atoms with Gasteiger partial charge in [0.1, 0.15) is 11.6 Å². The Morgan fingerprint density at radius 1 is 0.833 bits per heavy atom. The minimum atomic E-state index is -4.48. The average Bonchev–Trinajstić information content (AvgIpc) is 3.42. The van der Waals surface area contributed by atoms with Crippen LogP contribution in [0.25, 0.3) is 0 Å².